The van der Waals surface area contributed by atoms with Gasteiger partial charge in [-0.1, -0.05) is 12.1 Å². The Kier molecular flexibility index (Phi) is 4.68. The van der Waals surface area contributed by atoms with Gasteiger partial charge in [0.25, 0.3) is 11.2 Å². The SMILES string of the molecule is O=C(Cn1cnc2c(oc3ccccc32)c1=O)Nc1ccc([N+](=O)[O-])c(C(F)(F)F)c1. The van der Waals surface area contributed by atoms with Gasteiger partial charge < -0.3 is 9.73 Å². The Morgan fingerprint density at radius 2 is 1.97 bits per heavy atom. The van der Waals surface area contributed by atoms with Gasteiger partial charge in [0.15, 0.2) is 0 Å². The highest BCUT2D eigenvalue weighted by Gasteiger charge is 2.38. The van der Waals surface area contributed by atoms with Gasteiger partial charge in [0.2, 0.25) is 11.5 Å². The monoisotopic (exact) mass is 432 g/mol. The van der Waals surface area contributed by atoms with Crippen LogP contribution in [0.3, 0.4) is 0 Å². The number of benzene rings is 2. The van der Waals surface area contributed by atoms with Crippen LogP contribution in [0.4, 0.5) is 24.5 Å². The van der Waals surface area contributed by atoms with Gasteiger partial charge in [0, 0.05) is 17.1 Å². The molecule has 1 amide bonds. The number of aromatic nitrogens is 2. The molecule has 0 unspecified atom stereocenters. The molecule has 0 saturated heterocycles. The quantitative estimate of drug-likeness (QED) is 0.388. The number of para-hydroxylation sites is 1. The molecule has 0 saturated carbocycles. The van der Waals surface area contributed by atoms with Crippen molar-refractivity contribution in [1.82, 2.24) is 9.55 Å². The fourth-order valence-electron chi connectivity index (χ4n) is 3.08. The van der Waals surface area contributed by atoms with Gasteiger partial charge in [-0.2, -0.15) is 13.2 Å². The van der Waals surface area contributed by atoms with Crippen molar-refractivity contribution in [1.29, 1.82) is 0 Å². The predicted molar refractivity (Wildman–Crippen MR) is 103 cm³/mol. The third kappa shape index (κ3) is 3.70. The van der Waals surface area contributed by atoms with Crippen molar-refractivity contribution in [2.75, 3.05) is 5.32 Å². The maximum Gasteiger partial charge on any atom is 0.423 e. The number of nitrogens with zero attached hydrogens (tertiary/aromatic N) is 3. The van der Waals surface area contributed by atoms with E-state index >= 15 is 0 Å². The van der Waals surface area contributed by atoms with E-state index in [0.29, 0.717) is 28.6 Å². The molecule has 9 nitrogen and oxygen atoms in total. The van der Waals surface area contributed by atoms with E-state index in [1.165, 1.54) is 0 Å². The Balaban J connectivity index is 1.61. The van der Waals surface area contributed by atoms with Crippen molar-refractivity contribution in [2.24, 2.45) is 0 Å². The Bertz CT molecular complexity index is 1410. The Morgan fingerprint density at radius 1 is 1.23 bits per heavy atom. The summed E-state index contributed by atoms with van der Waals surface area (Å²) in [6.45, 7) is -0.558. The zero-order valence-electron chi connectivity index (χ0n) is 15.3. The van der Waals surface area contributed by atoms with Gasteiger partial charge in [-0.25, -0.2) is 4.98 Å². The van der Waals surface area contributed by atoms with Gasteiger partial charge in [-0.15, -0.1) is 0 Å². The first-order valence-corrected chi connectivity index (χ1v) is 8.67. The minimum atomic E-state index is -4.99. The van der Waals surface area contributed by atoms with Crippen LogP contribution in [0.2, 0.25) is 0 Å². The first-order valence-electron chi connectivity index (χ1n) is 8.67. The maximum atomic E-state index is 13.1. The Labute approximate surface area is 169 Å². The van der Waals surface area contributed by atoms with Crippen LogP contribution in [0, 0.1) is 10.1 Å². The lowest BCUT2D eigenvalue weighted by Crippen LogP contribution is -2.27. The second-order valence-electron chi connectivity index (χ2n) is 6.49. The molecule has 158 valence electrons. The van der Waals surface area contributed by atoms with E-state index in [4.69, 9.17) is 4.42 Å². The highest BCUT2D eigenvalue weighted by atomic mass is 19.4. The fraction of sp³-hybridized carbons (Fsp3) is 0.105. The molecule has 2 aromatic carbocycles. The lowest BCUT2D eigenvalue weighted by Gasteiger charge is -2.11. The normalized spacial score (nSPS) is 11.7. The van der Waals surface area contributed by atoms with E-state index < -0.39 is 40.4 Å². The van der Waals surface area contributed by atoms with E-state index in [9.17, 15) is 32.9 Å². The molecule has 0 radical (unpaired) electrons. The summed E-state index contributed by atoms with van der Waals surface area (Å²) in [5, 5.41) is 13.6. The molecule has 12 heteroatoms. The minimum Gasteiger partial charge on any atom is -0.448 e. The van der Waals surface area contributed by atoms with Crippen LogP contribution in [0.25, 0.3) is 22.1 Å². The summed E-state index contributed by atoms with van der Waals surface area (Å²) >= 11 is 0. The van der Waals surface area contributed by atoms with E-state index in [-0.39, 0.29) is 11.3 Å². The van der Waals surface area contributed by atoms with Crippen LogP contribution >= 0.6 is 0 Å². The van der Waals surface area contributed by atoms with E-state index in [1.807, 2.05) is 0 Å². The number of nitrogens with one attached hydrogen (secondary N) is 1. The molecule has 0 aliphatic heterocycles. The minimum absolute atomic E-state index is 0.0637. The second-order valence-corrected chi connectivity index (χ2v) is 6.49. The van der Waals surface area contributed by atoms with Crippen molar-refractivity contribution in [3.8, 4) is 0 Å². The standard InChI is InChI=1S/C19H11F3N4O5/c20-19(21,22)12-7-10(5-6-13(12)26(29)30)24-15(27)8-25-9-23-16-11-3-1-2-4-14(11)31-17(16)18(25)28/h1-7,9H,8H2,(H,24,27). The molecule has 0 fully saturated rings. The summed E-state index contributed by atoms with van der Waals surface area (Å²) in [4.78, 5) is 38.7. The molecule has 0 aliphatic rings. The van der Waals surface area contributed by atoms with Crippen LogP contribution in [0.1, 0.15) is 5.56 Å². The summed E-state index contributed by atoms with van der Waals surface area (Å²) in [5.74, 6) is -0.832. The van der Waals surface area contributed by atoms with Gasteiger partial charge >= 0.3 is 6.18 Å². The van der Waals surface area contributed by atoms with Crippen LogP contribution < -0.4 is 10.9 Å². The summed E-state index contributed by atoms with van der Waals surface area (Å²) in [5.41, 5.74) is -2.90. The van der Waals surface area contributed by atoms with Crippen molar-refractivity contribution in [3.05, 3.63) is 74.8 Å². The Hall–Kier alpha value is -4.22. The number of hydrogen-bond acceptors (Lipinski definition) is 6. The molecule has 0 bridgehead atoms. The smallest absolute Gasteiger partial charge is 0.423 e. The molecule has 0 spiro atoms. The highest BCUT2D eigenvalue weighted by Crippen LogP contribution is 2.37. The lowest BCUT2D eigenvalue weighted by molar-refractivity contribution is -0.388. The Morgan fingerprint density at radius 3 is 2.68 bits per heavy atom. The molecular weight excluding hydrogens is 421 g/mol. The fourth-order valence-corrected chi connectivity index (χ4v) is 3.08. The van der Waals surface area contributed by atoms with Gasteiger partial charge in [-0.05, 0) is 24.3 Å². The van der Waals surface area contributed by atoms with Crippen LogP contribution in [-0.2, 0) is 17.5 Å². The van der Waals surface area contributed by atoms with Crippen molar-refractivity contribution < 1.29 is 27.3 Å². The second kappa shape index (κ2) is 7.23. The maximum absolute atomic E-state index is 13.1. The van der Waals surface area contributed by atoms with E-state index in [1.54, 1.807) is 24.3 Å². The number of amides is 1. The highest BCUT2D eigenvalue weighted by molar-refractivity contribution is 6.01. The molecule has 0 atom stereocenters. The molecule has 2 aromatic heterocycles. The molecule has 1 N–H and O–H groups in total. The van der Waals surface area contributed by atoms with Crippen molar-refractivity contribution in [2.45, 2.75) is 12.7 Å². The molecular formula is C19H11F3N4O5. The number of carbonyl (C=O) groups excluding carboxylic acids is 1. The third-order valence-corrected chi connectivity index (χ3v) is 4.45. The van der Waals surface area contributed by atoms with Gasteiger partial charge in [0.1, 0.15) is 23.2 Å². The summed E-state index contributed by atoms with van der Waals surface area (Å²) in [7, 11) is 0. The summed E-state index contributed by atoms with van der Waals surface area (Å²) < 4.78 is 45.7. The summed E-state index contributed by atoms with van der Waals surface area (Å²) in [6.07, 6.45) is -3.86. The molecule has 31 heavy (non-hydrogen) atoms. The first kappa shape index (κ1) is 20.1. The number of nitro groups is 1. The summed E-state index contributed by atoms with van der Waals surface area (Å²) in [6, 6.07) is 8.91. The first-order chi connectivity index (χ1) is 14.6. The number of furan rings is 1. The average molecular weight is 432 g/mol. The largest absolute Gasteiger partial charge is 0.448 e. The average Bonchev–Trinajstić information content (AvgIpc) is 3.09. The number of rotatable bonds is 4. The van der Waals surface area contributed by atoms with E-state index in [0.717, 1.165) is 17.0 Å². The molecule has 2 heterocycles. The van der Waals surface area contributed by atoms with Gasteiger partial charge in [-0.3, -0.25) is 24.3 Å². The zero-order chi connectivity index (χ0) is 22.3. The van der Waals surface area contributed by atoms with Gasteiger partial charge in [0.05, 0.1) is 11.3 Å². The molecule has 0 aliphatic carbocycles. The number of anilines is 1. The topological polar surface area (TPSA) is 120 Å². The number of carbonyl (C=O) groups is 1. The molecule has 4 aromatic rings. The van der Waals surface area contributed by atoms with Crippen LogP contribution in [-0.4, -0.2) is 20.4 Å². The van der Waals surface area contributed by atoms with E-state index in [2.05, 4.69) is 10.3 Å². The number of fused-ring (bicyclic) bond motifs is 3. The zero-order valence-corrected chi connectivity index (χ0v) is 15.3. The third-order valence-electron chi connectivity index (χ3n) is 4.45. The predicted octanol–water partition coefficient (Wildman–Crippen LogP) is 3.71. The lowest BCUT2D eigenvalue weighted by atomic mass is 10.1. The van der Waals surface area contributed by atoms with Crippen molar-refractivity contribution >= 4 is 39.4 Å². The number of nitro benzene ring substituents is 1. The van der Waals surface area contributed by atoms with Crippen molar-refractivity contribution in [3.63, 3.8) is 0 Å². The number of alkyl halides is 3. The number of hydrogen-bond donors (Lipinski definition) is 1. The molecule has 4 rings (SSSR count). The van der Waals surface area contributed by atoms with Crippen LogP contribution in [0.15, 0.2) is 58.0 Å². The number of halogens is 3. The van der Waals surface area contributed by atoms with Crippen LogP contribution in [0.5, 0.6) is 0 Å².